The Hall–Kier alpha value is -2.10. The van der Waals surface area contributed by atoms with Crippen LogP contribution in [0, 0.1) is 0 Å². The zero-order chi connectivity index (χ0) is 14.8. The molecule has 1 aromatic carbocycles. The highest BCUT2D eigenvalue weighted by molar-refractivity contribution is 5.42. The Kier molecular flexibility index (Phi) is 3.78. The van der Waals surface area contributed by atoms with Gasteiger partial charge in [-0.1, -0.05) is 38.1 Å². The monoisotopic (exact) mass is 283 g/mol. The molecule has 4 heteroatoms. The number of fused-ring (bicyclic) bond motifs is 1. The third-order valence-corrected chi connectivity index (χ3v) is 3.97. The SMILES string of the molecule is CC(C)c1nc(N2CCCc3ccccc3C2)cc(=O)[nH]1. The van der Waals surface area contributed by atoms with Crippen LogP contribution in [0.4, 0.5) is 5.82 Å². The van der Waals surface area contributed by atoms with Gasteiger partial charge in [-0.3, -0.25) is 4.79 Å². The van der Waals surface area contributed by atoms with Crippen molar-refractivity contribution in [2.24, 2.45) is 0 Å². The van der Waals surface area contributed by atoms with Gasteiger partial charge in [0.25, 0.3) is 5.56 Å². The lowest BCUT2D eigenvalue weighted by Gasteiger charge is -2.22. The molecule has 2 heterocycles. The van der Waals surface area contributed by atoms with Crippen molar-refractivity contribution >= 4 is 5.82 Å². The lowest BCUT2D eigenvalue weighted by atomic mass is 10.0. The van der Waals surface area contributed by atoms with Crippen LogP contribution in [0.2, 0.25) is 0 Å². The second-order valence-corrected chi connectivity index (χ2v) is 5.94. The second kappa shape index (κ2) is 5.72. The Morgan fingerprint density at radius 2 is 2.00 bits per heavy atom. The van der Waals surface area contributed by atoms with E-state index in [-0.39, 0.29) is 11.5 Å². The molecule has 0 unspecified atom stereocenters. The normalized spacial score (nSPS) is 14.9. The summed E-state index contributed by atoms with van der Waals surface area (Å²) in [6.45, 7) is 5.84. The summed E-state index contributed by atoms with van der Waals surface area (Å²) in [5.74, 6) is 1.77. The van der Waals surface area contributed by atoms with Crippen LogP contribution in [0.15, 0.2) is 35.1 Å². The highest BCUT2D eigenvalue weighted by Crippen LogP contribution is 2.22. The van der Waals surface area contributed by atoms with Crippen molar-refractivity contribution in [3.8, 4) is 0 Å². The largest absolute Gasteiger partial charge is 0.352 e. The third-order valence-electron chi connectivity index (χ3n) is 3.97. The van der Waals surface area contributed by atoms with Crippen LogP contribution < -0.4 is 10.5 Å². The van der Waals surface area contributed by atoms with E-state index in [1.54, 1.807) is 6.07 Å². The Morgan fingerprint density at radius 1 is 1.24 bits per heavy atom. The molecule has 1 N–H and O–H groups in total. The first kappa shape index (κ1) is 13.9. The molecule has 0 bridgehead atoms. The summed E-state index contributed by atoms with van der Waals surface area (Å²) in [5, 5.41) is 0. The van der Waals surface area contributed by atoms with E-state index >= 15 is 0 Å². The number of anilines is 1. The van der Waals surface area contributed by atoms with E-state index in [0.717, 1.165) is 37.6 Å². The van der Waals surface area contributed by atoms with E-state index in [9.17, 15) is 4.79 Å². The predicted octanol–water partition coefficient (Wildman–Crippen LogP) is 2.85. The fourth-order valence-electron chi connectivity index (χ4n) is 2.79. The van der Waals surface area contributed by atoms with Gasteiger partial charge in [0, 0.05) is 25.1 Å². The van der Waals surface area contributed by atoms with Gasteiger partial charge < -0.3 is 9.88 Å². The summed E-state index contributed by atoms with van der Waals surface area (Å²) in [4.78, 5) is 21.6. The number of nitrogens with one attached hydrogen (secondary N) is 1. The van der Waals surface area contributed by atoms with Crippen LogP contribution in [-0.2, 0) is 13.0 Å². The Bertz CT molecular complexity index is 690. The number of aryl methyl sites for hydroxylation is 1. The van der Waals surface area contributed by atoms with Crippen molar-refractivity contribution in [3.05, 3.63) is 57.6 Å². The highest BCUT2D eigenvalue weighted by Gasteiger charge is 2.17. The van der Waals surface area contributed by atoms with Crippen LogP contribution in [-0.4, -0.2) is 16.5 Å². The number of nitrogens with zero attached hydrogens (tertiary/aromatic N) is 2. The van der Waals surface area contributed by atoms with Gasteiger partial charge in [-0.15, -0.1) is 0 Å². The average molecular weight is 283 g/mol. The lowest BCUT2D eigenvalue weighted by Crippen LogP contribution is -2.26. The maximum absolute atomic E-state index is 11.9. The first-order valence-corrected chi connectivity index (χ1v) is 7.56. The molecule has 21 heavy (non-hydrogen) atoms. The molecule has 0 radical (unpaired) electrons. The maximum Gasteiger partial charge on any atom is 0.252 e. The van der Waals surface area contributed by atoms with Crippen LogP contribution in [0.3, 0.4) is 0 Å². The van der Waals surface area contributed by atoms with E-state index in [0.29, 0.717) is 0 Å². The topological polar surface area (TPSA) is 49.0 Å². The average Bonchev–Trinajstić information content (AvgIpc) is 2.68. The molecule has 2 aromatic rings. The van der Waals surface area contributed by atoms with Crippen molar-refractivity contribution in [2.45, 2.75) is 39.2 Å². The zero-order valence-electron chi connectivity index (χ0n) is 12.6. The van der Waals surface area contributed by atoms with E-state index < -0.39 is 0 Å². The smallest absolute Gasteiger partial charge is 0.252 e. The zero-order valence-corrected chi connectivity index (χ0v) is 12.6. The van der Waals surface area contributed by atoms with E-state index in [1.807, 2.05) is 13.8 Å². The fraction of sp³-hybridized carbons (Fsp3) is 0.412. The van der Waals surface area contributed by atoms with Gasteiger partial charge in [-0.2, -0.15) is 0 Å². The molecule has 1 aliphatic heterocycles. The summed E-state index contributed by atoms with van der Waals surface area (Å²) >= 11 is 0. The minimum Gasteiger partial charge on any atom is -0.352 e. The van der Waals surface area contributed by atoms with Gasteiger partial charge >= 0.3 is 0 Å². The first-order valence-electron chi connectivity index (χ1n) is 7.56. The number of rotatable bonds is 2. The molecule has 0 saturated heterocycles. The fourth-order valence-corrected chi connectivity index (χ4v) is 2.79. The Labute approximate surface area is 124 Å². The third kappa shape index (κ3) is 2.99. The minimum absolute atomic E-state index is 0.0683. The quantitative estimate of drug-likeness (QED) is 0.922. The van der Waals surface area contributed by atoms with Gasteiger partial charge in [0.1, 0.15) is 11.6 Å². The Morgan fingerprint density at radius 3 is 2.76 bits per heavy atom. The summed E-state index contributed by atoms with van der Waals surface area (Å²) < 4.78 is 0. The summed E-state index contributed by atoms with van der Waals surface area (Å²) in [7, 11) is 0. The van der Waals surface area contributed by atoms with Crippen molar-refractivity contribution in [1.82, 2.24) is 9.97 Å². The summed E-state index contributed by atoms with van der Waals surface area (Å²) in [6, 6.07) is 10.2. The second-order valence-electron chi connectivity index (χ2n) is 5.94. The molecule has 0 atom stereocenters. The van der Waals surface area contributed by atoms with Crippen molar-refractivity contribution < 1.29 is 0 Å². The van der Waals surface area contributed by atoms with E-state index in [2.05, 4.69) is 39.1 Å². The van der Waals surface area contributed by atoms with Crippen molar-refractivity contribution in [2.75, 3.05) is 11.4 Å². The molecule has 0 fully saturated rings. The van der Waals surface area contributed by atoms with E-state index in [4.69, 9.17) is 0 Å². The summed E-state index contributed by atoms with van der Waals surface area (Å²) in [5.41, 5.74) is 2.68. The number of hydrogen-bond donors (Lipinski definition) is 1. The number of aromatic amines is 1. The maximum atomic E-state index is 11.9. The Balaban J connectivity index is 1.96. The van der Waals surface area contributed by atoms with Gasteiger partial charge in [-0.25, -0.2) is 4.98 Å². The molecule has 0 aliphatic carbocycles. The van der Waals surface area contributed by atoms with Gasteiger partial charge in [0.2, 0.25) is 0 Å². The highest BCUT2D eigenvalue weighted by atomic mass is 16.1. The molecular formula is C17H21N3O. The first-order chi connectivity index (χ1) is 10.1. The summed E-state index contributed by atoms with van der Waals surface area (Å²) in [6.07, 6.45) is 2.18. The standard InChI is InChI=1S/C17H21N3O/c1-12(2)17-18-15(10-16(21)19-17)20-9-5-8-13-6-3-4-7-14(13)11-20/h3-4,6-7,10,12H,5,8-9,11H2,1-2H3,(H,18,19,21). The van der Waals surface area contributed by atoms with Crippen molar-refractivity contribution in [1.29, 1.82) is 0 Å². The van der Waals surface area contributed by atoms with Crippen LogP contribution in [0.1, 0.15) is 43.1 Å². The van der Waals surface area contributed by atoms with Gasteiger partial charge in [0.15, 0.2) is 0 Å². The van der Waals surface area contributed by atoms with Gasteiger partial charge in [0.05, 0.1) is 0 Å². The van der Waals surface area contributed by atoms with Crippen molar-refractivity contribution in [3.63, 3.8) is 0 Å². The molecule has 1 aliphatic rings. The van der Waals surface area contributed by atoms with Crippen LogP contribution in [0.5, 0.6) is 0 Å². The number of H-pyrrole nitrogens is 1. The lowest BCUT2D eigenvalue weighted by molar-refractivity contribution is 0.722. The molecule has 3 rings (SSSR count). The van der Waals surface area contributed by atoms with Crippen LogP contribution in [0.25, 0.3) is 0 Å². The molecule has 4 nitrogen and oxygen atoms in total. The minimum atomic E-state index is -0.0683. The molecule has 0 saturated carbocycles. The molecule has 1 aromatic heterocycles. The molecule has 110 valence electrons. The number of hydrogen-bond acceptors (Lipinski definition) is 3. The molecule has 0 amide bonds. The van der Waals surface area contributed by atoms with Gasteiger partial charge in [-0.05, 0) is 24.0 Å². The van der Waals surface area contributed by atoms with Crippen LogP contribution >= 0.6 is 0 Å². The number of benzene rings is 1. The number of aromatic nitrogens is 2. The predicted molar refractivity (Wildman–Crippen MR) is 84.8 cm³/mol. The molecule has 0 spiro atoms. The van der Waals surface area contributed by atoms with E-state index in [1.165, 1.54) is 11.1 Å². The molecular weight excluding hydrogens is 262 g/mol.